The fraction of sp³-hybridized carbons (Fsp3) is 0. The lowest BCUT2D eigenvalue weighted by Gasteiger charge is -2.00. The van der Waals surface area contributed by atoms with Crippen molar-refractivity contribution in [1.29, 1.82) is 5.26 Å². The van der Waals surface area contributed by atoms with Gasteiger partial charge in [0.1, 0.15) is 22.4 Å². The van der Waals surface area contributed by atoms with E-state index in [-0.39, 0.29) is 0 Å². The lowest BCUT2D eigenvalue weighted by molar-refractivity contribution is 0.557. The van der Waals surface area contributed by atoms with Gasteiger partial charge in [-0.3, -0.25) is 0 Å². The minimum atomic E-state index is -0.467. The molecule has 1 aromatic carbocycles. The molecule has 0 bridgehead atoms. The SMILES string of the molecule is N#CC(=Cc1ccco1)c1nc(-c2cc3cc(Br)ccc3oc2=O)cs1. The number of hydrogen-bond acceptors (Lipinski definition) is 6. The summed E-state index contributed by atoms with van der Waals surface area (Å²) in [6.07, 6.45) is 3.15. The van der Waals surface area contributed by atoms with E-state index in [1.54, 1.807) is 35.7 Å². The van der Waals surface area contributed by atoms with Crippen molar-refractivity contribution in [3.05, 3.63) is 73.7 Å². The van der Waals surface area contributed by atoms with Crippen molar-refractivity contribution in [3.63, 3.8) is 0 Å². The van der Waals surface area contributed by atoms with Gasteiger partial charge < -0.3 is 8.83 Å². The maximum atomic E-state index is 12.3. The number of thiazole rings is 1. The number of halogens is 1. The Hall–Kier alpha value is -2.95. The van der Waals surface area contributed by atoms with Crippen molar-refractivity contribution in [2.24, 2.45) is 0 Å². The number of hydrogen-bond donors (Lipinski definition) is 0. The average molecular weight is 425 g/mol. The van der Waals surface area contributed by atoms with E-state index in [9.17, 15) is 10.1 Å². The zero-order valence-corrected chi connectivity index (χ0v) is 15.5. The van der Waals surface area contributed by atoms with Crippen LogP contribution in [0.5, 0.6) is 0 Å². The number of nitrogens with zero attached hydrogens (tertiary/aromatic N) is 2. The molecule has 0 atom stereocenters. The van der Waals surface area contributed by atoms with Crippen molar-refractivity contribution >= 4 is 49.9 Å². The fourth-order valence-electron chi connectivity index (χ4n) is 2.45. The van der Waals surface area contributed by atoms with Crippen LogP contribution < -0.4 is 5.63 Å². The van der Waals surface area contributed by atoms with E-state index >= 15 is 0 Å². The van der Waals surface area contributed by atoms with E-state index in [4.69, 9.17) is 8.83 Å². The Morgan fingerprint density at radius 1 is 1.31 bits per heavy atom. The Bertz CT molecular complexity index is 1230. The van der Waals surface area contributed by atoms with Crippen LogP contribution in [0.1, 0.15) is 10.8 Å². The lowest BCUT2D eigenvalue weighted by Crippen LogP contribution is -2.02. The Morgan fingerprint density at radius 2 is 2.19 bits per heavy atom. The number of furan rings is 1. The molecule has 0 aliphatic rings. The second kappa shape index (κ2) is 6.75. The standard InChI is InChI=1S/C19H9BrN2O3S/c20-13-3-4-17-11(6-13)8-15(19(23)25-17)16-10-26-18(22-16)12(9-21)7-14-2-1-5-24-14/h1-8,10H. The van der Waals surface area contributed by atoms with Crippen molar-refractivity contribution in [3.8, 4) is 17.3 Å². The molecule has 3 heterocycles. The molecule has 7 heteroatoms. The number of nitriles is 1. The normalized spacial score (nSPS) is 11.6. The van der Waals surface area contributed by atoms with E-state index in [1.165, 1.54) is 17.6 Å². The van der Waals surface area contributed by atoms with Crippen molar-refractivity contribution < 1.29 is 8.83 Å². The Morgan fingerprint density at radius 3 is 2.96 bits per heavy atom. The van der Waals surface area contributed by atoms with Gasteiger partial charge in [0.25, 0.3) is 0 Å². The van der Waals surface area contributed by atoms with Gasteiger partial charge in [-0.2, -0.15) is 5.26 Å². The van der Waals surface area contributed by atoms with Gasteiger partial charge in [0, 0.05) is 21.3 Å². The number of aromatic nitrogens is 1. The summed E-state index contributed by atoms with van der Waals surface area (Å²) in [5.41, 5.74) is 1.23. The molecule has 0 saturated heterocycles. The third-order valence-electron chi connectivity index (χ3n) is 3.66. The Labute approximate surface area is 160 Å². The van der Waals surface area contributed by atoms with Gasteiger partial charge in [-0.25, -0.2) is 9.78 Å². The zero-order valence-electron chi connectivity index (χ0n) is 13.1. The van der Waals surface area contributed by atoms with E-state index in [2.05, 4.69) is 27.0 Å². The molecule has 0 amide bonds. The van der Waals surface area contributed by atoms with Crippen LogP contribution in [0, 0.1) is 11.3 Å². The Kier molecular flexibility index (Phi) is 4.29. The first-order chi connectivity index (χ1) is 12.6. The molecule has 0 radical (unpaired) electrons. The van der Waals surface area contributed by atoms with E-state index < -0.39 is 5.63 Å². The van der Waals surface area contributed by atoms with Gasteiger partial charge in [0.15, 0.2) is 0 Å². The van der Waals surface area contributed by atoms with Crippen LogP contribution in [-0.4, -0.2) is 4.98 Å². The smallest absolute Gasteiger partial charge is 0.345 e. The van der Waals surface area contributed by atoms with E-state index in [0.717, 1.165) is 9.86 Å². The number of rotatable bonds is 3. The minimum Gasteiger partial charge on any atom is -0.465 e. The molecule has 0 N–H and O–H groups in total. The van der Waals surface area contributed by atoms with Gasteiger partial charge in [-0.1, -0.05) is 15.9 Å². The van der Waals surface area contributed by atoms with Crippen molar-refractivity contribution in [2.75, 3.05) is 0 Å². The van der Waals surface area contributed by atoms with Crippen LogP contribution in [0.25, 0.3) is 33.9 Å². The molecule has 126 valence electrons. The lowest BCUT2D eigenvalue weighted by atomic mass is 10.1. The highest BCUT2D eigenvalue weighted by molar-refractivity contribution is 9.10. The van der Waals surface area contributed by atoms with Gasteiger partial charge in [-0.15, -0.1) is 11.3 Å². The van der Waals surface area contributed by atoms with Crippen LogP contribution in [0.15, 0.2) is 66.1 Å². The molecule has 0 aliphatic heterocycles. The molecule has 0 fully saturated rings. The van der Waals surface area contributed by atoms with Crippen LogP contribution in [0.4, 0.5) is 0 Å². The summed E-state index contributed by atoms with van der Waals surface area (Å²) in [6.45, 7) is 0. The van der Waals surface area contributed by atoms with E-state index in [1.807, 2.05) is 12.1 Å². The molecule has 0 aliphatic carbocycles. The van der Waals surface area contributed by atoms with Crippen LogP contribution in [0.2, 0.25) is 0 Å². The second-order valence-corrected chi connectivity index (χ2v) is 7.13. The first-order valence-electron chi connectivity index (χ1n) is 7.49. The summed E-state index contributed by atoms with van der Waals surface area (Å²) in [7, 11) is 0. The number of allylic oxidation sites excluding steroid dienone is 1. The summed E-state index contributed by atoms with van der Waals surface area (Å²) in [6, 6.07) is 12.8. The topological polar surface area (TPSA) is 80.0 Å². The van der Waals surface area contributed by atoms with Gasteiger partial charge >= 0.3 is 5.63 Å². The van der Waals surface area contributed by atoms with Crippen molar-refractivity contribution in [1.82, 2.24) is 4.98 Å². The summed E-state index contributed by atoms with van der Waals surface area (Å²) in [5, 5.41) is 12.4. The predicted molar refractivity (Wildman–Crippen MR) is 103 cm³/mol. The molecule has 0 unspecified atom stereocenters. The molecule has 0 spiro atoms. The van der Waals surface area contributed by atoms with E-state index in [0.29, 0.717) is 33.2 Å². The monoisotopic (exact) mass is 424 g/mol. The third-order valence-corrected chi connectivity index (χ3v) is 5.02. The maximum Gasteiger partial charge on any atom is 0.345 e. The fourth-order valence-corrected chi connectivity index (χ4v) is 3.62. The quantitative estimate of drug-likeness (QED) is 0.327. The highest BCUT2D eigenvalue weighted by Gasteiger charge is 2.14. The molecular formula is C19H9BrN2O3S. The molecular weight excluding hydrogens is 416 g/mol. The first-order valence-corrected chi connectivity index (χ1v) is 9.16. The number of benzene rings is 1. The summed E-state index contributed by atoms with van der Waals surface area (Å²) >= 11 is 4.69. The average Bonchev–Trinajstić information content (AvgIpc) is 3.31. The van der Waals surface area contributed by atoms with Crippen LogP contribution >= 0.6 is 27.3 Å². The van der Waals surface area contributed by atoms with Crippen LogP contribution in [0.3, 0.4) is 0 Å². The molecule has 5 nitrogen and oxygen atoms in total. The minimum absolute atomic E-state index is 0.355. The molecule has 4 rings (SSSR count). The largest absolute Gasteiger partial charge is 0.465 e. The van der Waals surface area contributed by atoms with Gasteiger partial charge in [0.05, 0.1) is 23.1 Å². The van der Waals surface area contributed by atoms with Gasteiger partial charge in [-0.05, 0) is 36.4 Å². The molecule has 0 saturated carbocycles. The molecule has 3 aromatic heterocycles. The van der Waals surface area contributed by atoms with Gasteiger partial charge in [0.2, 0.25) is 0 Å². The predicted octanol–water partition coefficient (Wildman–Crippen LogP) is 5.34. The highest BCUT2D eigenvalue weighted by atomic mass is 79.9. The van der Waals surface area contributed by atoms with Crippen molar-refractivity contribution in [2.45, 2.75) is 0 Å². The number of fused-ring (bicyclic) bond motifs is 1. The molecule has 4 aromatic rings. The zero-order chi connectivity index (χ0) is 18.1. The third kappa shape index (κ3) is 3.12. The van der Waals surface area contributed by atoms with Crippen LogP contribution in [-0.2, 0) is 0 Å². The highest BCUT2D eigenvalue weighted by Crippen LogP contribution is 2.28. The second-order valence-electron chi connectivity index (χ2n) is 5.35. The summed E-state index contributed by atoms with van der Waals surface area (Å²) < 4.78 is 11.5. The first kappa shape index (κ1) is 16.5. The summed E-state index contributed by atoms with van der Waals surface area (Å²) in [4.78, 5) is 16.8. The Balaban J connectivity index is 1.79. The summed E-state index contributed by atoms with van der Waals surface area (Å²) in [5.74, 6) is 0.563. The molecule has 26 heavy (non-hydrogen) atoms. The maximum absolute atomic E-state index is 12.3.